The van der Waals surface area contributed by atoms with Crippen molar-refractivity contribution in [3.8, 4) is 17.2 Å². The minimum atomic E-state index is -0.464. The molecule has 2 aromatic carbocycles. The fourth-order valence-corrected chi connectivity index (χ4v) is 3.21. The molecule has 0 atom stereocenters. The van der Waals surface area contributed by atoms with Crippen molar-refractivity contribution in [2.75, 3.05) is 6.79 Å². The zero-order valence-corrected chi connectivity index (χ0v) is 16.6. The summed E-state index contributed by atoms with van der Waals surface area (Å²) >= 11 is 0. The van der Waals surface area contributed by atoms with Crippen molar-refractivity contribution in [2.45, 2.75) is 27.3 Å². The largest absolute Gasteiger partial charge is 0.454 e. The van der Waals surface area contributed by atoms with E-state index < -0.39 is 5.97 Å². The normalized spacial score (nSPS) is 12.5. The highest BCUT2D eigenvalue weighted by Gasteiger charge is 2.15. The van der Waals surface area contributed by atoms with Crippen LogP contribution in [0.4, 0.5) is 0 Å². The molecule has 0 spiro atoms. The van der Waals surface area contributed by atoms with Gasteiger partial charge in [0.05, 0.1) is 12.2 Å². The smallest absolute Gasteiger partial charge is 0.336 e. The van der Waals surface area contributed by atoms with Gasteiger partial charge in [-0.2, -0.15) is 5.10 Å². The Morgan fingerprint density at radius 3 is 2.66 bits per heavy atom. The number of aryl methyl sites for hydroxylation is 2. The lowest BCUT2D eigenvalue weighted by atomic mass is 10.1. The molecule has 0 N–H and O–H groups in total. The molecule has 0 radical (unpaired) electrons. The molecule has 0 saturated carbocycles. The lowest BCUT2D eigenvalue weighted by Crippen LogP contribution is -2.04. The summed E-state index contributed by atoms with van der Waals surface area (Å²) in [5.74, 6) is 1.16. The first-order chi connectivity index (χ1) is 14.0. The molecule has 0 saturated heterocycles. The van der Waals surface area contributed by atoms with Gasteiger partial charge < -0.3 is 14.2 Å². The first-order valence-electron chi connectivity index (χ1n) is 9.39. The van der Waals surface area contributed by atoms with Crippen LogP contribution >= 0.6 is 0 Å². The molecule has 2 heterocycles. The van der Waals surface area contributed by atoms with Gasteiger partial charge in [0.2, 0.25) is 6.79 Å². The number of rotatable bonds is 5. The average molecular weight is 390 g/mol. The van der Waals surface area contributed by atoms with E-state index in [0.29, 0.717) is 23.8 Å². The summed E-state index contributed by atoms with van der Waals surface area (Å²) in [4.78, 5) is 12.2. The van der Waals surface area contributed by atoms with Gasteiger partial charge in [0.1, 0.15) is 5.75 Å². The van der Waals surface area contributed by atoms with Crippen LogP contribution in [-0.2, 0) is 11.3 Å². The molecule has 148 valence electrons. The van der Waals surface area contributed by atoms with Crippen LogP contribution in [0.5, 0.6) is 17.2 Å². The van der Waals surface area contributed by atoms with Gasteiger partial charge in [-0.3, -0.25) is 4.68 Å². The van der Waals surface area contributed by atoms with Crippen molar-refractivity contribution in [1.29, 1.82) is 0 Å². The standard InChI is InChI=1S/C23H22N2O4/c1-15-4-6-18(7-5-15)13-25-17(3)20(16(2)24-25)9-11-23(26)29-19-8-10-21-22(12-19)28-14-27-21/h4-12H,13-14H2,1-3H3. The molecular formula is C23H22N2O4. The fraction of sp³-hybridized carbons (Fsp3) is 0.217. The lowest BCUT2D eigenvalue weighted by Gasteiger charge is -2.05. The molecule has 0 aliphatic carbocycles. The van der Waals surface area contributed by atoms with E-state index in [1.165, 1.54) is 17.2 Å². The van der Waals surface area contributed by atoms with Crippen LogP contribution in [-0.4, -0.2) is 22.5 Å². The van der Waals surface area contributed by atoms with Crippen molar-refractivity contribution in [3.05, 3.63) is 76.6 Å². The molecule has 4 rings (SSSR count). The van der Waals surface area contributed by atoms with Gasteiger partial charge in [-0.25, -0.2) is 4.79 Å². The highest BCUT2D eigenvalue weighted by molar-refractivity contribution is 5.89. The number of carbonyl (C=O) groups excluding carboxylic acids is 1. The Morgan fingerprint density at radius 1 is 1.10 bits per heavy atom. The average Bonchev–Trinajstić information content (AvgIpc) is 3.26. The zero-order valence-electron chi connectivity index (χ0n) is 16.6. The summed E-state index contributed by atoms with van der Waals surface area (Å²) in [7, 11) is 0. The SMILES string of the molecule is Cc1ccc(Cn2nc(C)c(C=CC(=O)Oc3ccc4c(c3)OCO4)c2C)cc1. The van der Waals surface area contributed by atoms with Gasteiger partial charge in [-0.05, 0) is 44.5 Å². The zero-order chi connectivity index (χ0) is 20.4. The summed E-state index contributed by atoms with van der Waals surface area (Å²) in [6.07, 6.45) is 3.16. The minimum absolute atomic E-state index is 0.178. The number of hydrogen-bond acceptors (Lipinski definition) is 5. The summed E-state index contributed by atoms with van der Waals surface area (Å²) in [5.41, 5.74) is 5.18. The molecule has 0 amide bonds. The number of fused-ring (bicyclic) bond motifs is 1. The van der Waals surface area contributed by atoms with Crippen molar-refractivity contribution in [3.63, 3.8) is 0 Å². The predicted molar refractivity (Wildman–Crippen MR) is 109 cm³/mol. The summed E-state index contributed by atoms with van der Waals surface area (Å²) < 4.78 is 17.9. The first-order valence-corrected chi connectivity index (χ1v) is 9.39. The molecular weight excluding hydrogens is 368 g/mol. The van der Waals surface area contributed by atoms with Gasteiger partial charge in [0.15, 0.2) is 11.5 Å². The van der Waals surface area contributed by atoms with Crippen LogP contribution in [0.1, 0.15) is 28.1 Å². The molecule has 0 bridgehead atoms. The summed E-state index contributed by atoms with van der Waals surface area (Å²) in [6, 6.07) is 13.4. The molecule has 1 aliphatic heterocycles. The van der Waals surface area contributed by atoms with Crippen molar-refractivity contribution in [1.82, 2.24) is 9.78 Å². The second-order valence-electron chi connectivity index (χ2n) is 7.00. The Kier molecular flexibility index (Phi) is 5.08. The van der Waals surface area contributed by atoms with E-state index in [4.69, 9.17) is 14.2 Å². The monoisotopic (exact) mass is 390 g/mol. The van der Waals surface area contributed by atoms with Gasteiger partial charge >= 0.3 is 5.97 Å². The van der Waals surface area contributed by atoms with E-state index in [1.807, 2.05) is 18.5 Å². The molecule has 0 fully saturated rings. The summed E-state index contributed by atoms with van der Waals surface area (Å²) in [5, 5.41) is 4.61. The number of hydrogen-bond donors (Lipinski definition) is 0. The molecule has 29 heavy (non-hydrogen) atoms. The molecule has 0 unspecified atom stereocenters. The molecule has 6 heteroatoms. The third kappa shape index (κ3) is 4.16. The highest BCUT2D eigenvalue weighted by atomic mass is 16.7. The van der Waals surface area contributed by atoms with Crippen molar-refractivity contribution < 1.29 is 19.0 Å². The molecule has 1 aromatic heterocycles. The Morgan fingerprint density at radius 2 is 1.86 bits per heavy atom. The van der Waals surface area contributed by atoms with Crippen molar-refractivity contribution in [2.24, 2.45) is 0 Å². The van der Waals surface area contributed by atoms with E-state index in [2.05, 4.69) is 36.3 Å². The van der Waals surface area contributed by atoms with Gasteiger partial charge in [-0.15, -0.1) is 0 Å². The van der Waals surface area contributed by atoms with Crippen molar-refractivity contribution >= 4 is 12.0 Å². The van der Waals surface area contributed by atoms with Crippen LogP contribution in [0.3, 0.4) is 0 Å². The minimum Gasteiger partial charge on any atom is -0.454 e. The number of carbonyl (C=O) groups is 1. The third-order valence-corrected chi connectivity index (χ3v) is 4.84. The topological polar surface area (TPSA) is 62.6 Å². The Hall–Kier alpha value is -3.54. The van der Waals surface area contributed by atoms with E-state index in [1.54, 1.807) is 24.3 Å². The third-order valence-electron chi connectivity index (χ3n) is 4.84. The first kappa shape index (κ1) is 18.8. The predicted octanol–water partition coefficient (Wildman–Crippen LogP) is 4.20. The van der Waals surface area contributed by atoms with E-state index in [-0.39, 0.29) is 6.79 Å². The number of benzene rings is 2. The van der Waals surface area contributed by atoms with E-state index in [9.17, 15) is 4.79 Å². The van der Waals surface area contributed by atoms with Gasteiger partial charge in [0.25, 0.3) is 0 Å². The maximum absolute atomic E-state index is 12.2. The fourth-order valence-electron chi connectivity index (χ4n) is 3.21. The molecule has 6 nitrogen and oxygen atoms in total. The van der Waals surface area contributed by atoms with Gasteiger partial charge in [-0.1, -0.05) is 29.8 Å². The maximum atomic E-state index is 12.2. The van der Waals surface area contributed by atoms with Crippen LogP contribution in [0, 0.1) is 20.8 Å². The van der Waals surface area contributed by atoms with Crippen LogP contribution in [0.2, 0.25) is 0 Å². The lowest BCUT2D eigenvalue weighted by molar-refractivity contribution is -0.128. The molecule has 1 aliphatic rings. The van der Waals surface area contributed by atoms with Crippen LogP contribution in [0.25, 0.3) is 6.08 Å². The maximum Gasteiger partial charge on any atom is 0.336 e. The molecule has 3 aromatic rings. The Bertz CT molecular complexity index is 1080. The van der Waals surface area contributed by atoms with E-state index in [0.717, 1.165) is 17.0 Å². The highest BCUT2D eigenvalue weighted by Crippen LogP contribution is 2.35. The number of ether oxygens (including phenoxy) is 3. The van der Waals surface area contributed by atoms with Crippen LogP contribution in [0.15, 0.2) is 48.5 Å². The summed E-state index contributed by atoms with van der Waals surface area (Å²) in [6.45, 7) is 6.86. The van der Waals surface area contributed by atoms with E-state index >= 15 is 0 Å². The quantitative estimate of drug-likeness (QED) is 0.371. The Balaban J connectivity index is 1.45. The second kappa shape index (κ2) is 7.83. The second-order valence-corrected chi connectivity index (χ2v) is 7.00. The number of aromatic nitrogens is 2. The number of nitrogens with zero attached hydrogens (tertiary/aromatic N) is 2. The Labute approximate surface area is 169 Å². The number of esters is 1. The van der Waals surface area contributed by atoms with Gasteiger partial charge in [0, 0.05) is 23.4 Å². The van der Waals surface area contributed by atoms with Crippen LogP contribution < -0.4 is 14.2 Å².